The van der Waals surface area contributed by atoms with Crippen LogP contribution in [0.25, 0.3) is 0 Å². The van der Waals surface area contributed by atoms with E-state index < -0.39 is 0 Å². The average molecular weight is 285 g/mol. The first-order valence-corrected chi connectivity index (χ1v) is 8.61. The van der Waals surface area contributed by atoms with E-state index in [0.29, 0.717) is 18.4 Å². The Bertz CT molecular complexity index is 326. The van der Waals surface area contributed by atoms with Gasteiger partial charge in [-0.15, -0.1) is 0 Å². The number of likely N-dealkylation sites (tertiary alicyclic amines) is 1. The molecule has 0 bridgehead atoms. The lowest BCUT2D eigenvalue weighted by Crippen LogP contribution is -2.55. The molecule has 2 saturated heterocycles. The highest BCUT2D eigenvalue weighted by Crippen LogP contribution is 2.45. The lowest BCUT2D eigenvalue weighted by atomic mass is 9.77. The van der Waals surface area contributed by atoms with Crippen molar-refractivity contribution < 1.29 is 9.53 Å². The summed E-state index contributed by atoms with van der Waals surface area (Å²) in [5.74, 6) is 2.26. The maximum Gasteiger partial charge on any atom is 0.307 e. The molecule has 0 saturated carbocycles. The molecule has 4 heteroatoms. The van der Waals surface area contributed by atoms with Crippen LogP contribution in [0.1, 0.15) is 46.5 Å². The summed E-state index contributed by atoms with van der Waals surface area (Å²) in [5.41, 5.74) is 0.354. The minimum atomic E-state index is -0.0206. The molecule has 0 aliphatic carbocycles. The summed E-state index contributed by atoms with van der Waals surface area (Å²) in [5, 5.41) is 0. The topological polar surface area (TPSA) is 29.5 Å². The van der Waals surface area contributed by atoms with Gasteiger partial charge in [0.2, 0.25) is 0 Å². The molecule has 3 nitrogen and oxygen atoms in total. The first-order chi connectivity index (χ1) is 8.97. The predicted octanol–water partition coefficient (Wildman–Crippen LogP) is 2.94. The minimum absolute atomic E-state index is 0.0206. The third-order valence-corrected chi connectivity index (χ3v) is 5.95. The molecular weight excluding hydrogens is 258 g/mol. The minimum Gasteiger partial charge on any atom is -0.466 e. The van der Waals surface area contributed by atoms with Crippen molar-refractivity contribution in [1.29, 1.82) is 0 Å². The standard InChI is InChI=1S/C15H27NO2S/c1-4-18-13(17)9-15(16-7-5-6-8-16)10-14(2,3)11-19-12-15/h4-12H2,1-3H3. The normalized spacial score (nSPS) is 31.3. The van der Waals surface area contributed by atoms with Gasteiger partial charge in [0.25, 0.3) is 0 Å². The monoisotopic (exact) mass is 285 g/mol. The summed E-state index contributed by atoms with van der Waals surface area (Å²) < 4.78 is 5.22. The summed E-state index contributed by atoms with van der Waals surface area (Å²) in [6, 6.07) is 0. The second-order valence-corrected chi connectivity index (χ2v) is 7.72. The van der Waals surface area contributed by atoms with Crippen LogP contribution < -0.4 is 0 Å². The van der Waals surface area contributed by atoms with E-state index >= 15 is 0 Å². The molecule has 0 spiro atoms. The van der Waals surface area contributed by atoms with E-state index in [1.54, 1.807) is 0 Å². The Morgan fingerprint density at radius 3 is 2.53 bits per heavy atom. The third kappa shape index (κ3) is 3.66. The van der Waals surface area contributed by atoms with Crippen LogP contribution in [0.5, 0.6) is 0 Å². The zero-order valence-electron chi connectivity index (χ0n) is 12.5. The number of nitrogens with zero attached hydrogens (tertiary/aromatic N) is 1. The lowest BCUT2D eigenvalue weighted by Gasteiger charge is -2.49. The van der Waals surface area contributed by atoms with Crippen LogP contribution in [0.2, 0.25) is 0 Å². The molecule has 2 aliphatic heterocycles. The summed E-state index contributed by atoms with van der Waals surface area (Å²) >= 11 is 2.01. The van der Waals surface area contributed by atoms with E-state index in [9.17, 15) is 4.79 Å². The highest BCUT2D eigenvalue weighted by molar-refractivity contribution is 7.99. The molecule has 0 aromatic heterocycles. The summed E-state index contributed by atoms with van der Waals surface area (Å²) in [6.07, 6.45) is 4.23. The maximum absolute atomic E-state index is 12.0. The van der Waals surface area contributed by atoms with Gasteiger partial charge >= 0.3 is 5.97 Å². The first-order valence-electron chi connectivity index (χ1n) is 7.46. The van der Waals surface area contributed by atoms with Gasteiger partial charge in [0.15, 0.2) is 0 Å². The van der Waals surface area contributed by atoms with Crippen molar-refractivity contribution in [3.8, 4) is 0 Å². The largest absolute Gasteiger partial charge is 0.466 e. The molecular formula is C15H27NO2S. The quantitative estimate of drug-likeness (QED) is 0.743. The van der Waals surface area contributed by atoms with Crippen molar-refractivity contribution >= 4 is 17.7 Å². The SMILES string of the molecule is CCOC(=O)CC1(N2CCCC2)CSCC(C)(C)C1. The van der Waals surface area contributed by atoms with Crippen LogP contribution in [0.3, 0.4) is 0 Å². The molecule has 2 rings (SSSR count). The highest BCUT2D eigenvalue weighted by Gasteiger charge is 2.46. The van der Waals surface area contributed by atoms with Gasteiger partial charge in [0, 0.05) is 11.3 Å². The van der Waals surface area contributed by atoms with Gasteiger partial charge in [-0.1, -0.05) is 13.8 Å². The van der Waals surface area contributed by atoms with Gasteiger partial charge in [0.1, 0.15) is 0 Å². The van der Waals surface area contributed by atoms with Gasteiger partial charge < -0.3 is 4.74 Å². The molecule has 2 aliphatic rings. The van der Waals surface area contributed by atoms with Crippen LogP contribution in [-0.4, -0.2) is 47.6 Å². The van der Waals surface area contributed by atoms with Crippen molar-refractivity contribution in [1.82, 2.24) is 4.90 Å². The molecule has 0 radical (unpaired) electrons. The Hall–Kier alpha value is -0.220. The van der Waals surface area contributed by atoms with E-state index in [-0.39, 0.29) is 11.5 Å². The highest BCUT2D eigenvalue weighted by atomic mass is 32.2. The van der Waals surface area contributed by atoms with Crippen molar-refractivity contribution in [2.45, 2.75) is 52.0 Å². The van der Waals surface area contributed by atoms with Crippen molar-refractivity contribution in [2.24, 2.45) is 5.41 Å². The first kappa shape index (κ1) is 15.2. The Kier molecular flexibility index (Phi) is 4.83. The fraction of sp³-hybridized carbons (Fsp3) is 0.933. The van der Waals surface area contributed by atoms with Crippen LogP contribution in [0, 0.1) is 5.41 Å². The number of thioether (sulfide) groups is 1. The zero-order chi connectivity index (χ0) is 13.9. The number of carbonyl (C=O) groups is 1. The van der Waals surface area contributed by atoms with Gasteiger partial charge in [0.05, 0.1) is 13.0 Å². The second kappa shape index (κ2) is 6.04. The molecule has 0 N–H and O–H groups in total. The molecule has 0 aromatic rings. The maximum atomic E-state index is 12.0. The number of esters is 1. The fourth-order valence-electron chi connectivity index (χ4n) is 3.61. The van der Waals surface area contributed by atoms with Gasteiger partial charge in [-0.2, -0.15) is 11.8 Å². The number of carbonyl (C=O) groups excluding carboxylic acids is 1. The molecule has 0 aromatic carbocycles. The number of rotatable bonds is 4. The number of hydrogen-bond donors (Lipinski definition) is 0. The van der Waals surface area contributed by atoms with E-state index in [1.165, 1.54) is 18.6 Å². The third-order valence-electron chi connectivity index (χ3n) is 4.23. The van der Waals surface area contributed by atoms with Crippen LogP contribution >= 0.6 is 11.8 Å². The summed E-state index contributed by atoms with van der Waals surface area (Å²) in [4.78, 5) is 14.6. The Labute approximate surface area is 121 Å². The van der Waals surface area contributed by atoms with Gasteiger partial charge in [-0.05, 0) is 50.4 Å². The van der Waals surface area contributed by atoms with E-state index in [1.807, 2.05) is 18.7 Å². The predicted molar refractivity (Wildman–Crippen MR) is 80.5 cm³/mol. The van der Waals surface area contributed by atoms with Gasteiger partial charge in [-0.3, -0.25) is 9.69 Å². The molecule has 2 heterocycles. The number of ether oxygens (including phenoxy) is 1. The van der Waals surface area contributed by atoms with Crippen LogP contribution in [0.15, 0.2) is 0 Å². The van der Waals surface area contributed by atoms with E-state index in [2.05, 4.69) is 18.7 Å². The molecule has 2 fully saturated rings. The summed E-state index contributed by atoms with van der Waals surface area (Å²) in [6.45, 7) is 9.34. The van der Waals surface area contributed by atoms with Crippen molar-refractivity contribution in [2.75, 3.05) is 31.2 Å². The average Bonchev–Trinajstić information content (AvgIpc) is 2.81. The molecule has 110 valence electrons. The van der Waals surface area contributed by atoms with Gasteiger partial charge in [-0.25, -0.2) is 0 Å². The lowest BCUT2D eigenvalue weighted by molar-refractivity contribution is -0.146. The molecule has 1 atom stereocenters. The van der Waals surface area contributed by atoms with E-state index in [0.717, 1.165) is 25.3 Å². The summed E-state index contributed by atoms with van der Waals surface area (Å²) in [7, 11) is 0. The molecule has 1 unspecified atom stereocenters. The van der Waals surface area contributed by atoms with Crippen LogP contribution in [0.4, 0.5) is 0 Å². The zero-order valence-corrected chi connectivity index (χ0v) is 13.4. The van der Waals surface area contributed by atoms with Crippen molar-refractivity contribution in [3.63, 3.8) is 0 Å². The molecule has 19 heavy (non-hydrogen) atoms. The van der Waals surface area contributed by atoms with E-state index in [4.69, 9.17) is 4.74 Å². The smallest absolute Gasteiger partial charge is 0.307 e. The van der Waals surface area contributed by atoms with Crippen molar-refractivity contribution in [3.05, 3.63) is 0 Å². The van der Waals surface area contributed by atoms with Crippen LogP contribution in [-0.2, 0) is 9.53 Å². The number of hydrogen-bond acceptors (Lipinski definition) is 4. The Morgan fingerprint density at radius 1 is 1.26 bits per heavy atom. The molecule has 0 amide bonds. The second-order valence-electron chi connectivity index (χ2n) is 6.73. The Balaban J connectivity index is 2.14. The Morgan fingerprint density at radius 2 is 1.95 bits per heavy atom. The fourth-order valence-corrected chi connectivity index (χ4v) is 5.13.